The molecule has 0 unspecified atom stereocenters. The summed E-state index contributed by atoms with van der Waals surface area (Å²) in [5.74, 6) is 2.08. The van der Waals surface area contributed by atoms with Crippen molar-refractivity contribution in [3.8, 4) is 11.5 Å². The number of para-hydroxylation sites is 2. The van der Waals surface area contributed by atoms with Gasteiger partial charge in [0.25, 0.3) is 0 Å². The van der Waals surface area contributed by atoms with Gasteiger partial charge in [0, 0.05) is 6.42 Å². The van der Waals surface area contributed by atoms with Crippen LogP contribution in [-0.4, -0.2) is 40.3 Å². The lowest BCUT2D eigenvalue weighted by Gasteiger charge is -2.33. The lowest BCUT2D eigenvalue weighted by Crippen LogP contribution is -2.41. The first-order valence-electron chi connectivity index (χ1n) is 10.1. The first-order valence-corrected chi connectivity index (χ1v) is 11.0. The van der Waals surface area contributed by atoms with Crippen molar-refractivity contribution >= 4 is 23.4 Å². The normalized spacial score (nSPS) is 17.4. The Morgan fingerprint density at radius 2 is 1.90 bits per heavy atom. The maximum absolute atomic E-state index is 13.4. The number of nitrogens with one attached hydrogen (secondary N) is 2. The van der Waals surface area contributed by atoms with Crippen molar-refractivity contribution in [2.45, 2.75) is 36.2 Å². The Bertz CT molecular complexity index is 1050. The standard InChI is InChI=1S/C22H25N5O3S/c1-4-7-18-24-25-22-27(18)26-19(14-10-12-15(29-2)13-11-14)20(31-22)21(28)23-16-8-5-6-9-17(16)30-3/h5-6,8-13,19-20,26H,4,7H2,1-3H3,(H,23,28)/t19-,20-/m0/s1. The highest BCUT2D eigenvalue weighted by Gasteiger charge is 2.38. The molecule has 4 rings (SSSR count). The van der Waals surface area contributed by atoms with E-state index in [0.717, 1.165) is 30.0 Å². The fourth-order valence-corrected chi connectivity index (χ4v) is 4.60. The number of methoxy groups -OCH3 is 2. The van der Waals surface area contributed by atoms with E-state index in [1.807, 2.05) is 53.2 Å². The minimum Gasteiger partial charge on any atom is -0.497 e. The van der Waals surface area contributed by atoms with Gasteiger partial charge in [-0.25, -0.2) is 4.68 Å². The summed E-state index contributed by atoms with van der Waals surface area (Å²) in [5, 5.41) is 11.8. The summed E-state index contributed by atoms with van der Waals surface area (Å²) in [6.07, 6.45) is 1.75. The van der Waals surface area contributed by atoms with E-state index in [1.54, 1.807) is 14.2 Å². The minimum atomic E-state index is -0.468. The number of aromatic nitrogens is 3. The van der Waals surface area contributed by atoms with Crippen LogP contribution >= 0.6 is 11.8 Å². The molecule has 2 N–H and O–H groups in total. The third kappa shape index (κ3) is 4.32. The van der Waals surface area contributed by atoms with Gasteiger partial charge in [-0.2, -0.15) is 0 Å². The number of anilines is 1. The summed E-state index contributed by atoms with van der Waals surface area (Å²) in [6.45, 7) is 2.10. The van der Waals surface area contributed by atoms with Gasteiger partial charge in [0.2, 0.25) is 11.1 Å². The molecule has 0 saturated carbocycles. The van der Waals surface area contributed by atoms with Crippen molar-refractivity contribution in [2.24, 2.45) is 0 Å². The van der Waals surface area contributed by atoms with Crippen LogP contribution in [0.1, 0.15) is 30.8 Å². The molecule has 0 fully saturated rings. The Balaban J connectivity index is 1.67. The number of benzene rings is 2. The number of carbonyl (C=O) groups is 1. The van der Waals surface area contributed by atoms with Gasteiger partial charge >= 0.3 is 0 Å². The number of amides is 1. The van der Waals surface area contributed by atoms with Gasteiger partial charge in [-0.1, -0.05) is 43.0 Å². The van der Waals surface area contributed by atoms with Crippen molar-refractivity contribution in [3.63, 3.8) is 0 Å². The monoisotopic (exact) mass is 439 g/mol. The Kier molecular flexibility index (Phi) is 6.31. The van der Waals surface area contributed by atoms with Crippen LogP contribution in [0, 0.1) is 0 Å². The summed E-state index contributed by atoms with van der Waals surface area (Å²) >= 11 is 1.40. The predicted octanol–water partition coefficient (Wildman–Crippen LogP) is 3.65. The van der Waals surface area contributed by atoms with Gasteiger partial charge in [0.1, 0.15) is 16.7 Å². The van der Waals surface area contributed by atoms with E-state index in [4.69, 9.17) is 9.47 Å². The highest BCUT2D eigenvalue weighted by molar-refractivity contribution is 8.00. The first-order chi connectivity index (χ1) is 15.1. The minimum absolute atomic E-state index is 0.144. The van der Waals surface area contributed by atoms with Crippen LogP contribution in [-0.2, 0) is 11.2 Å². The molecule has 162 valence electrons. The van der Waals surface area contributed by atoms with Crippen molar-refractivity contribution in [3.05, 3.63) is 59.9 Å². The Morgan fingerprint density at radius 1 is 1.13 bits per heavy atom. The molecule has 1 aliphatic heterocycles. The van der Waals surface area contributed by atoms with Crippen LogP contribution in [0.3, 0.4) is 0 Å². The average Bonchev–Trinajstić information content (AvgIpc) is 3.20. The van der Waals surface area contributed by atoms with E-state index in [1.165, 1.54) is 11.8 Å². The Morgan fingerprint density at radius 3 is 2.61 bits per heavy atom. The highest BCUT2D eigenvalue weighted by Crippen LogP contribution is 2.38. The molecule has 8 nitrogen and oxygen atoms in total. The van der Waals surface area contributed by atoms with Crippen molar-refractivity contribution in [1.82, 2.24) is 14.9 Å². The SMILES string of the molecule is CCCc1nnc2n1N[C@@H](c1ccc(OC)cc1)[C@@H](C(=O)Nc1ccccc1OC)S2. The summed E-state index contributed by atoms with van der Waals surface area (Å²) in [7, 11) is 3.22. The van der Waals surface area contributed by atoms with Crippen molar-refractivity contribution < 1.29 is 14.3 Å². The predicted molar refractivity (Wildman–Crippen MR) is 120 cm³/mol. The Hall–Kier alpha value is -3.20. The second kappa shape index (κ2) is 9.30. The van der Waals surface area contributed by atoms with E-state index < -0.39 is 5.25 Å². The van der Waals surface area contributed by atoms with Crippen LogP contribution < -0.4 is 20.2 Å². The number of ether oxygens (including phenoxy) is 2. The molecule has 0 bridgehead atoms. The van der Waals surface area contributed by atoms with E-state index in [-0.39, 0.29) is 11.9 Å². The van der Waals surface area contributed by atoms with Crippen molar-refractivity contribution in [1.29, 1.82) is 0 Å². The lowest BCUT2D eigenvalue weighted by molar-refractivity contribution is -0.116. The smallest absolute Gasteiger partial charge is 0.240 e. The zero-order valence-corrected chi connectivity index (χ0v) is 18.5. The molecular formula is C22H25N5O3S. The molecule has 2 aromatic carbocycles. The fourth-order valence-electron chi connectivity index (χ4n) is 3.50. The molecule has 0 saturated heterocycles. The first kappa shape index (κ1) is 21.0. The van der Waals surface area contributed by atoms with Crippen LogP contribution in [0.4, 0.5) is 5.69 Å². The number of aryl methyl sites for hydroxylation is 1. The van der Waals surface area contributed by atoms with E-state index in [9.17, 15) is 4.79 Å². The van der Waals surface area contributed by atoms with Gasteiger partial charge in [-0.3, -0.25) is 4.79 Å². The van der Waals surface area contributed by atoms with Crippen LogP contribution in [0.15, 0.2) is 53.7 Å². The second-order valence-corrected chi connectivity index (χ2v) is 8.20. The van der Waals surface area contributed by atoms with E-state index >= 15 is 0 Å². The molecule has 9 heteroatoms. The Labute approximate surface area is 185 Å². The molecule has 1 aliphatic rings. The molecule has 1 amide bonds. The maximum atomic E-state index is 13.4. The van der Waals surface area contributed by atoms with Crippen LogP contribution in [0.5, 0.6) is 11.5 Å². The molecule has 2 atom stereocenters. The lowest BCUT2D eigenvalue weighted by atomic mass is 10.0. The van der Waals surface area contributed by atoms with Gasteiger partial charge < -0.3 is 20.2 Å². The molecule has 3 aromatic rings. The van der Waals surface area contributed by atoms with Crippen molar-refractivity contribution in [2.75, 3.05) is 25.0 Å². The topological polar surface area (TPSA) is 90.3 Å². The number of hydrogen-bond acceptors (Lipinski definition) is 7. The maximum Gasteiger partial charge on any atom is 0.240 e. The third-order valence-corrected chi connectivity index (χ3v) is 6.29. The third-order valence-electron chi connectivity index (χ3n) is 5.08. The summed E-state index contributed by atoms with van der Waals surface area (Å²) < 4.78 is 12.6. The highest BCUT2D eigenvalue weighted by atomic mass is 32.2. The number of nitrogens with zero attached hydrogens (tertiary/aromatic N) is 3. The summed E-state index contributed by atoms with van der Waals surface area (Å²) in [4.78, 5) is 13.4. The quantitative estimate of drug-likeness (QED) is 0.581. The van der Waals surface area contributed by atoms with Gasteiger partial charge in [-0.05, 0) is 36.2 Å². The number of hydrogen-bond donors (Lipinski definition) is 2. The van der Waals surface area contributed by atoms with Gasteiger partial charge in [-0.15, -0.1) is 10.2 Å². The number of rotatable bonds is 7. The molecule has 0 aliphatic carbocycles. The fraction of sp³-hybridized carbons (Fsp3) is 0.318. The van der Waals surface area contributed by atoms with E-state index in [0.29, 0.717) is 16.6 Å². The van der Waals surface area contributed by atoms with Gasteiger partial charge in [0.15, 0.2) is 5.82 Å². The van der Waals surface area contributed by atoms with Gasteiger partial charge in [0.05, 0.1) is 25.9 Å². The average molecular weight is 440 g/mol. The second-order valence-electron chi connectivity index (χ2n) is 7.09. The molecule has 0 radical (unpaired) electrons. The number of thioether (sulfide) groups is 1. The van der Waals surface area contributed by atoms with Crippen LogP contribution in [0.2, 0.25) is 0 Å². The molecular weight excluding hydrogens is 414 g/mol. The van der Waals surface area contributed by atoms with Crippen LogP contribution in [0.25, 0.3) is 0 Å². The summed E-state index contributed by atoms with van der Waals surface area (Å²) in [5.41, 5.74) is 5.06. The molecule has 31 heavy (non-hydrogen) atoms. The summed E-state index contributed by atoms with van der Waals surface area (Å²) in [6, 6.07) is 14.8. The largest absolute Gasteiger partial charge is 0.497 e. The zero-order chi connectivity index (χ0) is 21.8. The number of fused-ring (bicyclic) bond motifs is 1. The molecule has 1 aromatic heterocycles. The zero-order valence-electron chi connectivity index (χ0n) is 17.7. The molecule has 2 heterocycles. The number of carbonyl (C=O) groups excluding carboxylic acids is 1. The van der Waals surface area contributed by atoms with E-state index in [2.05, 4.69) is 27.9 Å². The molecule has 0 spiro atoms.